The summed E-state index contributed by atoms with van der Waals surface area (Å²) in [4.78, 5) is 0. The number of nitrogens with two attached hydrogens (primary N) is 1. The molecule has 0 unspecified atom stereocenters. The Labute approximate surface area is 160 Å². The van der Waals surface area contributed by atoms with Crippen molar-refractivity contribution < 1.29 is 5.48 Å². The third-order valence-electron chi connectivity index (χ3n) is 5.58. The smallest absolute Gasteiger partial charge is 0.0154 e. The lowest BCUT2D eigenvalue weighted by Gasteiger charge is -2.30. The van der Waals surface area contributed by atoms with Crippen LogP contribution >= 0.6 is 0 Å². The van der Waals surface area contributed by atoms with Crippen LogP contribution in [0.15, 0.2) is 0 Å². The third kappa shape index (κ3) is 18.5. The van der Waals surface area contributed by atoms with Gasteiger partial charge in [-0.05, 0) is 19.3 Å². The summed E-state index contributed by atoms with van der Waals surface area (Å²) >= 11 is 0. The van der Waals surface area contributed by atoms with Crippen molar-refractivity contribution in [1.29, 1.82) is 0 Å². The largest absolute Gasteiger partial charge is 0.412 e. The Morgan fingerprint density at radius 3 is 0.960 bits per heavy atom. The van der Waals surface area contributed by atoms with E-state index >= 15 is 0 Å². The van der Waals surface area contributed by atoms with Crippen LogP contribution in [0.4, 0.5) is 0 Å². The molecular formula is C23H51NO. The molecule has 0 heterocycles. The van der Waals surface area contributed by atoms with E-state index in [1.54, 1.807) is 0 Å². The zero-order chi connectivity index (χ0) is 17.9. The summed E-state index contributed by atoms with van der Waals surface area (Å²) in [6.07, 6.45) is 25.9. The van der Waals surface area contributed by atoms with E-state index < -0.39 is 0 Å². The first-order valence-corrected chi connectivity index (χ1v) is 11.5. The van der Waals surface area contributed by atoms with Gasteiger partial charge in [-0.3, -0.25) is 0 Å². The summed E-state index contributed by atoms with van der Waals surface area (Å²) in [6.45, 7) is 6.88. The second kappa shape index (κ2) is 20.2. The molecule has 0 spiro atoms. The topological polar surface area (TPSA) is 57.5 Å². The van der Waals surface area contributed by atoms with Crippen LogP contribution in [0.25, 0.3) is 0 Å². The van der Waals surface area contributed by atoms with Crippen molar-refractivity contribution in [2.75, 3.05) is 0 Å². The zero-order valence-electron chi connectivity index (χ0n) is 18.0. The van der Waals surface area contributed by atoms with Gasteiger partial charge in [-0.25, -0.2) is 0 Å². The van der Waals surface area contributed by atoms with Crippen LogP contribution in [0.2, 0.25) is 0 Å². The predicted molar refractivity (Wildman–Crippen MR) is 115 cm³/mol. The second-order valence-corrected chi connectivity index (χ2v) is 8.21. The molecule has 0 saturated carbocycles. The molecule has 0 rings (SSSR count). The van der Waals surface area contributed by atoms with Crippen LogP contribution in [0.1, 0.15) is 143 Å². The van der Waals surface area contributed by atoms with Gasteiger partial charge < -0.3 is 11.2 Å². The Morgan fingerprint density at radius 2 is 0.680 bits per heavy atom. The molecular weight excluding hydrogens is 306 g/mol. The molecule has 0 fully saturated rings. The maximum absolute atomic E-state index is 6.87. The molecule has 0 atom stereocenters. The van der Waals surface area contributed by atoms with Crippen LogP contribution in [0.3, 0.4) is 0 Å². The number of hydrogen-bond acceptors (Lipinski definition) is 1. The van der Waals surface area contributed by atoms with E-state index in [2.05, 4.69) is 20.8 Å². The van der Waals surface area contributed by atoms with Gasteiger partial charge in [-0.2, -0.15) is 0 Å². The van der Waals surface area contributed by atoms with Crippen molar-refractivity contribution in [3.63, 3.8) is 0 Å². The van der Waals surface area contributed by atoms with Gasteiger partial charge in [-0.15, -0.1) is 0 Å². The Kier molecular flexibility index (Phi) is 22.0. The highest BCUT2D eigenvalue weighted by atomic mass is 16.0. The van der Waals surface area contributed by atoms with E-state index in [9.17, 15) is 0 Å². The standard InChI is InChI=1S/C23H49N.H2O/c1-4-7-10-13-16-19-22-23(24,20-17-14-11-8-5-2)21-18-15-12-9-6-3;/h4-22,24H2,1-3H3;1H2. The van der Waals surface area contributed by atoms with Crippen molar-refractivity contribution >= 4 is 0 Å². The molecule has 2 nitrogen and oxygen atoms in total. The van der Waals surface area contributed by atoms with Gasteiger partial charge in [-0.1, -0.05) is 124 Å². The zero-order valence-corrected chi connectivity index (χ0v) is 18.0. The van der Waals surface area contributed by atoms with E-state index in [-0.39, 0.29) is 11.0 Å². The minimum atomic E-state index is 0. The van der Waals surface area contributed by atoms with E-state index in [0.29, 0.717) is 0 Å². The lowest BCUT2D eigenvalue weighted by molar-refractivity contribution is 0.303. The second-order valence-electron chi connectivity index (χ2n) is 8.21. The molecule has 0 amide bonds. The Balaban J connectivity index is 0. The lowest BCUT2D eigenvalue weighted by atomic mass is 9.82. The van der Waals surface area contributed by atoms with Gasteiger partial charge in [0.05, 0.1) is 0 Å². The number of unbranched alkanes of at least 4 members (excludes halogenated alkanes) is 13. The third-order valence-corrected chi connectivity index (χ3v) is 5.58. The monoisotopic (exact) mass is 357 g/mol. The highest BCUT2D eigenvalue weighted by molar-refractivity contribution is 4.84. The number of rotatable bonds is 19. The van der Waals surface area contributed by atoms with Gasteiger partial charge >= 0.3 is 0 Å². The first kappa shape index (κ1) is 27.1. The molecule has 0 aliphatic rings. The van der Waals surface area contributed by atoms with Crippen LogP contribution in [0, 0.1) is 0 Å². The molecule has 0 aromatic heterocycles. The fraction of sp³-hybridized carbons (Fsp3) is 1.00. The van der Waals surface area contributed by atoms with Gasteiger partial charge in [0, 0.05) is 5.54 Å². The Bertz CT molecular complexity index is 228. The summed E-state index contributed by atoms with van der Waals surface area (Å²) in [6, 6.07) is 0. The summed E-state index contributed by atoms with van der Waals surface area (Å²) < 4.78 is 0. The molecule has 4 N–H and O–H groups in total. The molecule has 25 heavy (non-hydrogen) atoms. The quantitative estimate of drug-likeness (QED) is 0.242. The predicted octanol–water partition coefficient (Wildman–Crippen LogP) is 7.33. The normalized spacial score (nSPS) is 11.5. The average Bonchev–Trinajstić information content (AvgIpc) is 2.58. The van der Waals surface area contributed by atoms with Crippen molar-refractivity contribution in [3.05, 3.63) is 0 Å². The van der Waals surface area contributed by atoms with Crippen LogP contribution in [0.5, 0.6) is 0 Å². The molecule has 0 aromatic rings. The van der Waals surface area contributed by atoms with Crippen molar-refractivity contribution in [2.24, 2.45) is 5.73 Å². The van der Waals surface area contributed by atoms with Crippen LogP contribution in [-0.4, -0.2) is 11.0 Å². The summed E-state index contributed by atoms with van der Waals surface area (Å²) in [5.74, 6) is 0. The van der Waals surface area contributed by atoms with E-state index in [4.69, 9.17) is 5.73 Å². The Hall–Kier alpha value is -0.0800. The first-order chi connectivity index (χ1) is 11.7. The molecule has 0 radical (unpaired) electrons. The van der Waals surface area contributed by atoms with E-state index in [0.717, 1.165) is 0 Å². The summed E-state index contributed by atoms with van der Waals surface area (Å²) in [5, 5.41) is 0. The highest BCUT2D eigenvalue weighted by Crippen LogP contribution is 2.26. The SMILES string of the molecule is CCCCCCCCC(N)(CCCCCCC)CCCCCCC.O. The van der Waals surface area contributed by atoms with Crippen molar-refractivity contribution in [2.45, 2.75) is 148 Å². The molecule has 0 saturated heterocycles. The summed E-state index contributed by atoms with van der Waals surface area (Å²) in [5.41, 5.74) is 7.01. The number of hydrogen-bond donors (Lipinski definition) is 1. The van der Waals surface area contributed by atoms with Gasteiger partial charge in [0.25, 0.3) is 0 Å². The maximum Gasteiger partial charge on any atom is 0.0154 e. The van der Waals surface area contributed by atoms with Gasteiger partial charge in [0.15, 0.2) is 0 Å². The van der Waals surface area contributed by atoms with E-state index in [1.165, 1.54) is 122 Å². The van der Waals surface area contributed by atoms with Crippen LogP contribution in [-0.2, 0) is 0 Å². The maximum atomic E-state index is 6.87. The lowest BCUT2D eigenvalue weighted by Crippen LogP contribution is -2.39. The molecule has 0 aromatic carbocycles. The minimum absolute atomic E-state index is 0. The Morgan fingerprint density at radius 1 is 0.440 bits per heavy atom. The fourth-order valence-corrected chi connectivity index (χ4v) is 3.79. The molecule has 0 bridgehead atoms. The summed E-state index contributed by atoms with van der Waals surface area (Å²) in [7, 11) is 0. The highest BCUT2D eigenvalue weighted by Gasteiger charge is 2.23. The molecule has 0 aliphatic carbocycles. The minimum Gasteiger partial charge on any atom is -0.412 e. The average molecular weight is 358 g/mol. The molecule has 0 aliphatic heterocycles. The van der Waals surface area contributed by atoms with Crippen molar-refractivity contribution in [1.82, 2.24) is 0 Å². The van der Waals surface area contributed by atoms with E-state index in [1.807, 2.05) is 0 Å². The molecule has 2 heteroatoms. The fourth-order valence-electron chi connectivity index (χ4n) is 3.79. The van der Waals surface area contributed by atoms with Gasteiger partial charge in [0.1, 0.15) is 0 Å². The van der Waals surface area contributed by atoms with Gasteiger partial charge in [0.2, 0.25) is 0 Å². The van der Waals surface area contributed by atoms with Crippen molar-refractivity contribution in [3.8, 4) is 0 Å². The van der Waals surface area contributed by atoms with Crippen LogP contribution < -0.4 is 5.73 Å². The molecule has 154 valence electrons. The first-order valence-electron chi connectivity index (χ1n) is 11.5.